The lowest BCUT2D eigenvalue weighted by Crippen LogP contribution is -2.28. The highest BCUT2D eigenvalue weighted by molar-refractivity contribution is 6.31. The highest BCUT2D eigenvalue weighted by Gasteiger charge is 2.27. The summed E-state index contributed by atoms with van der Waals surface area (Å²) in [5.74, 6) is -0.775. The summed E-state index contributed by atoms with van der Waals surface area (Å²) < 4.78 is 36.6. The number of alkyl halides is 3. The molecule has 4 aromatic heterocycles. The molecule has 6 aromatic rings. The van der Waals surface area contributed by atoms with Gasteiger partial charge in [0.25, 0.3) is 11.8 Å². The lowest BCUT2D eigenvalue weighted by molar-refractivity contribution is -0.133. The molecule has 7 rings (SSSR count). The minimum atomic E-state index is -4.32. The van der Waals surface area contributed by atoms with Gasteiger partial charge in [-0.2, -0.15) is 13.2 Å². The average Bonchev–Trinajstić information content (AvgIpc) is 3.92. The van der Waals surface area contributed by atoms with Crippen LogP contribution in [0.15, 0.2) is 97.6 Å². The highest BCUT2D eigenvalue weighted by Crippen LogP contribution is 2.29. The van der Waals surface area contributed by atoms with Gasteiger partial charge in [-0.05, 0) is 72.5 Å². The van der Waals surface area contributed by atoms with E-state index in [1.807, 2.05) is 30.3 Å². The first-order chi connectivity index (χ1) is 23.5. The van der Waals surface area contributed by atoms with Crippen molar-refractivity contribution in [2.75, 3.05) is 6.54 Å². The first kappa shape index (κ1) is 33.8. The Morgan fingerprint density at radius 3 is 1.59 bits per heavy atom. The van der Waals surface area contributed by atoms with Gasteiger partial charge in [0.2, 0.25) is 0 Å². The van der Waals surface area contributed by atoms with E-state index in [-0.39, 0.29) is 11.6 Å². The van der Waals surface area contributed by atoms with E-state index < -0.39 is 25.0 Å². The van der Waals surface area contributed by atoms with E-state index in [0.29, 0.717) is 38.2 Å². The maximum atomic E-state index is 12.2. The fourth-order valence-corrected chi connectivity index (χ4v) is 5.17. The van der Waals surface area contributed by atoms with Crippen molar-refractivity contribution in [3.63, 3.8) is 0 Å². The first-order valence-corrected chi connectivity index (χ1v) is 16.0. The molecule has 2 N–H and O–H groups in total. The zero-order valence-corrected chi connectivity index (χ0v) is 27.2. The molecule has 0 aliphatic heterocycles. The summed E-state index contributed by atoms with van der Waals surface area (Å²) in [7, 11) is 0. The summed E-state index contributed by atoms with van der Waals surface area (Å²) in [5.41, 5.74) is 5.15. The molecule has 1 aliphatic carbocycles. The summed E-state index contributed by atoms with van der Waals surface area (Å²) >= 11 is 11.9. The number of benzene rings is 2. The number of carbonyl (C=O) groups excluding carboxylic acids is 2. The van der Waals surface area contributed by atoms with E-state index in [1.165, 1.54) is 6.07 Å². The molecule has 0 unspecified atom stereocenters. The largest absolute Gasteiger partial charge is 0.390 e. The Morgan fingerprint density at radius 2 is 1.14 bits per heavy atom. The molecule has 0 radical (unpaired) electrons. The van der Waals surface area contributed by atoms with Crippen LogP contribution in [0.5, 0.6) is 0 Å². The first-order valence-electron chi connectivity index (χ1n) is 15.2. The van der Waals surface area contributed by atoms with Crippen LogP contribution in [0.25, 0.3) is 44.1 Å². The Labute approximate surface area is 288 Å². The number of nitrogens with zero attached hydrogens (tertiary/aromatic N) is 4. The molecule has 13 heteroatoms. The van der Waals surface area contributed by atoms with Crippen LogP contribution < -0.4 is 10.6 Å². The topological polar surface area (TPSA) is 110 Å². The van der Waals surface area contributed by atoms with Gasteiger partial charge in [-0.25, -0.2) is 9.97 Å². The summed E-state index contributed by atoms with van der Waals surface area (Å²) in [6.45, 7) is -0.498. The fourth-order valence-electron chi connectivity index (χ4n) is 4.92. The standard InChI is InChI=1S/C18H13ClF3N3O.C18H14ClN3O/c19-13-4-1-11(2-5-13)14-10-23-9-12-3-6-15(25-16(12)14)17(26)24-8-7-18(20,21)22;19-13-4-1-11(2-5-13)15-10-20-9-12-3-8-16(22-17(12)15)18(23)21-14-6-7-14/h1-6,9-10H,7-8H2,(H,24,26);1-5,8-10,14H,6-7H2,(H,21,23). The van der Waals surface area contributed by atoms with Gasteiger partial charge < -0.3 is 10.6 Å². The number of fused-ring (bicyclic) bond motifs is 2. The molecule has 4 heterocycles. The molecule has 0 saturated heterocycles. The van der Waals surface area contributed by atoms with E-state index in [9.17, 15) is 22.8 Å². The summed E-state index contributed by atoms with van der Waals surface area (Å²) in [5, 5.41) is 8.08. The van der Waals surface area contributed by atoms with Crippen LogP contribution in [0.4, 0.5) is 13.2 Å². The smallest absolute Gasteiger partial charge is 0.350 e. The van der Waals surface area contributed by atoms with Crippen molar-refractivity contribution >= 4 is 56.8 Å². The van der Waals surface area contributed by atoms with Crippen LogP contribution in [0.3, 0.4) is 0 Å². The number of carbonyl (C=O) groups is 2. The minimum Gasteiger partial charge on any atom is -0.350 e. The molecule has 1 saturated carbocycles. The molecule has 0 spiro atoms. The third-order valence-electron chi connectivity index (χ3n) is 7.58. The Hall–Kier alpha value is -5.13. The molecule has 0 atom stereocenters. The molecule has 0 bridgehead atoms. The predicted octanol–water partition coefficient (Wildman–Crippen LogP) is 8.47. The van der Waals surface area contributed by atoms with Crippen LogP contribution >= 0.6 is 23.2 Å². The Kier molecular flexibility index (Phi) is 10.0. The molecule has 1 fully saturated rings. The molecule has 248 valence electrons. The monoisotopic (exact) mass is 702 g/mol. The zero-order chi connectivity index (χ0) is 34.5. The van der Waals surface area contributed by atoms with Gasteiger partial charge in [0.05, 0.1) is 17.5 Å². The van der Waals surface area contributed by atoms with Crippen molar-refractivity contribution in [2.45, 2.75) is 31.5 Å². The summed E-state index contributed by atoms with van der Waals surface area (Å²) in [4.78, 5) is 41.6. The minimum absolute atomic E-state index is 0.0427. The van der Waals surface area contributed by atoms with Gasteiger partial charge in [-0.3, -0.25) is 19.6 Å². The van der Waals surface area contributed by atoms with E-state index in [4.69, 9.17) is 23.2 Å². The van der Waals surface area contributed by atoms with Crippen LogP contribution in [0.1, 0.15) is 40.2 Å². The van der Waals surface area contributed by atoms with Gasteiger partial charge in [0, 0.05) is 69.3 Å². The van der Waals surface area contributed by atoms with Crippen molar-refractivity contribution in [3.05, 3.63) is 119 Å². The fraction of sp³-hybridized carbons (Fsp3) is 0.167. The second kappa shape index (κ2) is 14.6. The van der Waals surface area contributed by atoms with Gasteiger partial charge >= 0.3 is 6.18 Å². The van der Waals surface area contributed by atoms with Crippen molar-refractivity contribution in [3.8, 4) is 22.3 Å². The molecule has 49 heavy (non-hydrogen) atoms. The Morgan fingerprint density at radius 1 is 0.673 bits per heavy atom. The number of hydrogen-bond acceptors (Lipinski definition) is 6. The third kappa shape index (κ3) is 8.67. The maximum absolute atomic E-state index is 12.2. The van der Waals surface area contributed by atoms with Gasteiger partial charge in [-0.1, -0.05) is 47.5 Å². The molecular weight excluding hydrogens is 676 g/mol. The Bertz CT molecular complexity index is 2140. The lowest BCUT2D eigenvalue weighted by atomic mass is 10.0. The number of hydrogen-bond donors (Lipinski definition) is 2. The molecule has 8 nitrogen and oxygen atoms in total. The number of nitrogens with one attached hydrogen (secondary N) is 2. The predicted molar refractivity (Wildman–Crippen MR) is 183 cm³/mol. The number of pyridine rings is 4. The third-order valence-corrected chi connectivity index (χ3v) is 8.08. The SMILES string of the molecule is O=C(NC1CC1)c1ccc2cncc(-c3ccc(Cl)cc3)c2n1.O=C(NCCC(F)(F)F)c1ccc2cncc(-c3ccc(Cl)cc3)c2n1. The molecular formula is C36H27Cl2F3N6O2. The van der Waals surface area contributed by atoms with Crippen molar-refractivity contribution in [1.82, 2.24) is 30.6 Å². The number of halogens is 5. The number of rotatable bonds is 7. The molecule has 1 aliphatic rings. The van der Waals surface area contributed by atoms with Crippen LogP contribution in [-0.2, 0) is 0 Å². The molecule has 2 aromatic carbocycles. The highest BCUT2D eigenvalue weighted by atomic mass is 35.5. The van der Waals surface area contributed by atoms with Crippen LogP contribution in [0, 0.1) is 0 Å². The van der Waals surface area contributed by atoms with Crippen molar-refractivity contribution in [2.24, 2.45) is 0 Å². The summed E-state index contributed by atoms with van der Waals surface area (Å²) in [6, 6.07) is 21.6. The molecule has 2 amide bonds. The van der Waals surface area contributed by atoms with Crippen LogP contribution in [-0.4, -0.2) is 50.5 Å². The normalized spacial score (nSPS) is 12.7. The van der Waals surface area contributed by atoms with Gasteiger partial charge in [0.1, 0.15) is 11.4 Å². The maximum Gasteiger partial charge on any atom is 0.390 e. The Balaban J connectivity index is 0.000000171. The summed E-state index contributed by atoms with van der Waals surface area (Å²) in [6.07, 6.45) is 3.44. The van der Waals surface area contributed by atoms with E-state index in [2.05, 4.69) is 30.6 Å². The van der Waals surface area contributed by atoms with Crippen molar-refractivity contribution in [1.29, 1.82) is 0 Å². The van der Waals surface area contributed by atoms with Gasteiger partial charge in [-0.15, -0.1) is 0 Å². The quantitative estimate of drug-likeness (QED) is 0.173. The van der Waals surface area contributed by atoms with E-state index in [0.717, 1.165) is 40.4 Å². The van der Waals surface area contributed by atoms with E-state index in [1.54, 1.807) is 61.2 Å². The second-order valence-electron chi connectivity index (χ2n) is 11.3. The van der Waals surface area contributed by atoms with E-state index >= 15 is 0 Å². The number of amides is 2. The number of aromatic nitrogens is 4. The van der Waals surface area contributed by atoms with Gasteiger partial charge in [0.15, 0.2) is 0 Å². The zero-order valence-electron chi connectivity index (χ0n) is 25.6. The lowest BCUT2D eigenvalue weighted by Gasteiger charge is -2.09. The average molecular weight is 704 g/mol. The van der Waals surface area contributed by atoms with Crippen LogP contribution in [0.2, 0.25) is 10.0 Å². The second-order valence-corrected chi connectivity index (χ2v) is 12.2. The van der Waals surface area contributed by atoms with Crippen molar-refractivity contribution < 1.29 is 22.8 Å².